The van der Waals surface area contributed by atoms with E-state index < -0.39 is 17.9 Å². The lowest BCUT2D eigenvalue weighted by Crippen LogP contribution is -2.44. The number of carbonyl (C=O) groups excluding carboxylic acids is 1. The Morgan fingerprint density at radius 3 is 2.76 bits per heavy atom. The van der Waals surface area contributed by atoms with Crippen LogP contribution >= 0.6 is 23.2 Å². The zero-order chi connectivity index (χ0) is 18.6. The van der Waals surface area contributed by atoms with Gasteiger partial charge in [0, 0.05) is 19.1 Å². The molecule has 0 aliphatic carbocycles. The van der Waals surface area contributed by atoms with E-state index in [0.717, 1.165) is 0 Å². The first-order valence-electron chi connectivity index (χ1n) is 7.81. The third kappa shape index (κ3) is 4.87. The molecule has 2 rings (SSSR count). The molecule has 1 amide bonds. The molecular formula is C17H19Cl2NO5. The van der Waals surface area contributed by atoms with Crippen LogP contribution in [0.4, 0.5) is 0 Å². The molecule has 1 aliphatic rings. The van der Waals surface area contributed by atoms with Crippen LogP contribution in [0.5, 0.6) is 5.75 Å². The number of halogens is 2. The summed E-state index contributed by atoms with van der Waals surface area (Å²) in [4.78, 5) is 25.0. The molecule has 0 saturated carbocycles. The Morgan fingerprint density at radius 1 is 1.40 bits per heavy atom. The van der Waals surface area contributed by atoms with Gasteiger partial charge >= 0.3 is 5.97 Å². The molecule has 0 saturated heterocycles. The molecule has 0 aromatic heterocycles. The molecular weight excluding hydrogens is 369 g/mol. The Morgan fingerprint density at radius 2 is 2.12 bits per heavy atom. The van der Waals surface area contributed by atoms with Gasteiger partial charge in [0.2, 0.25) is 0 Å². The SMILES string of the molecule is CCO[C@H](C)C[C@@H](C(=O)O)N1CC(Oc2cccc(Cl)c2Cl)=CC1=O. The van der Waals surface area contributed by atoms with E-state index in [0.29, 0.717) is 23.1 Å². The normalized spacial score (nSPS) is 16.6. The fraction of sp³-hybridized carbons (Fsp3) is 0.412. The van der Waals surface area contributed by atoms with Gasteiger partial charge in [-0.3, -0.25) is 4.79 Å². The second kappa shape index (κ2) is 8.56. The van der Waals surface area contributed by atoms with Crippen molar-refractivity contribution in [2.24, 2.45) is 0 Å². The highest BCUT2D eigenvalue weighted by Gasteiger charge is 2.35. The molecule has 0 radical (unpaired) electrons. The maximum atomic E-state index is 12.2. The van der Waals surface area contributed by atoms with E-state index in [1.807, 2.05) is 6.92 Å². The fourth-order valence-electron chi connectivity index (χ4n) is 2.57. The van der Waals surface area contributed by atoms with Gasteiger partial charge in [-0.15, -0.1) is 0 Å². The summed E-state index contributed by atoms with van der Waals surface area (Å²) in [6, 6.07) is 3.91. The second-order valence-electron chi connectivity index (χ2n) is 5.59. The minimum atomic E-state index is -1.09. The Hall–Kier alpha value is -1.76. The number of carboxylic acid groups (broad SMARTS) is 1. The Bertz CT molecular complexity index is 692. The zero-order valence-electron chi connectivity index (χ0n) is 13.9. The smallest absolute Gasteiger partial charge is 0.326 e. The number of amides is 1. The maximum Gasteiger partial charge on any atom is 0.326 e. The average Bonchev–Trinajstić information content (AvgIpc) is 2.90. The van der Waals surface area contributed by atoms with E-state index in [4.69, 9.17) is 32.7 Å². The van der Waals surface area contributed by atoms with Gasteiger partial charge in [-0.25, -0.2) is 4.79 Å². The van der Waals surface area contributed by atoms with Gasteiger partial charge in [-0.2, -0.15) is 0 Å². The number of carboxylic acids is 1. The Balaban J connectivity index is 2.09. The number of hydrogen-bond acceptors (Lipinski definition) is 4. The number of carbonyl (C=O) groups is 2. The minimum Gasteiger partial charge on any atom is -0.480 e. The van der Waals surface area contributed by atoms with Crippen LogP contribution < -0.4 is 4.74 Å². The first-order chi connectivity index (χ1) is 11.8. The van der Waals surface area contributed by atoms with E-state index in [1.54, 1.807) is 25.1 Å². The predicted octanol–water partition coefficient (Wildman–Crippen LogP) is 3.37. The third-order valence-corrected chi connectivity index (χ3v) is 4.52. The Kier molecular flexibility index (Phi) is 6.70. The highest BCUT2D eigenvalue weighted by molar-refractivity contribution is 6.42. The van der Waals surface area contributed by atoms with E-state index in [9.17, 15) is 14.7 Å². The lowest BCUT2D eigenvalue weighted by molar-refractivity contribution is -0.149. The van der Waals surface area contributed by atoms with Crippen LogP contribution in [0, 0.1) is 0 Å². The molecule has 2 atom stereocenters. The monoisotopic (exact) mass is 387 g/mol. The van der Waals surface area contributed by atoms with E-state index in [1.165, 1.54) is 11.0 Å². The standard InChI is InChI=1S/C17H19Cl2NO5/c1-3-24-10(2)7-13(17(22)23)20-9-11(8-15(20)21)25-14-6-4-5-12(18)16(14)19/h4-6,8,10,13H,3,7,9H2,1-2H3,(H,22,23)/t10-,13+/m1/s1. The van der Waals surface area contributed by atoms with Crippen LogP contribution in [0.15, 0.2) is 30.0 Å². The van der Waals surface area contributed by atoms with Gasteiger partial charge in [0.25, 0.3) is 5.91 Å². The summed E-state index contributed by atoms with van der Waals surface area (Å²) in [6.07, 6.45) is 1.16. The number of benzene rings is 1. The molecule has 0 fully saturated rings. The highest BCUT2D eigenvalue weighted by Crippen LogP contribution is 2.33. The highest BCUT2D eigenvalue weighted by atomic mass is 35.5. The summed E-state index contributed by atoms with van der Waals surface area (Å²) in [5.74, 6) is -0.895. The minimum absolute atomic E-state index is 0.0392. The van der Waals surface area contributed by atoms with Crippen LogP contribution in [0.1, 0.15) is 20.3 Å². The number of rotatable bonds is 8. The van der Waals surface area contributed by atoms with Crippen molar-refractivity contribution in [1.29, 1.82) is 0 Å². The lowest BCUT2D eigenvalue weighted by atomic mass is 10.1. The number of nitrogens with zero attached hydrogens (tertiary/aromatic N) is 1. The Labute approximate surface area is 155 Å². The van der Waals surface area contributed by atoms with E-state index in [-0.39, 0.29) is 24.1 Å². The fourth-order valence-corrected chi connectivity index (χ4v) is 2.90. The molecule has 8 heteroatoms. The molecule has 1 N–H and O–H groups in total. The predicted molar refractivity (Wildman–Crippen MR) is 94.0 cm³/mol. The summed E-state index contributed by atoms with van der Waals surface area (Å²) in [7, 11) is 0. The molecule has 1 aromatic rings. The second-order valence-corrected chi connectivity index (χ2v) is 6.37. The summed E-state index contributed by atoms with van der Waals surface area (Å²) < 4.78 is 11.0. The van der Waals surface area contributed by atoms with Gasteiger partial charge in [0.15, 0.2) is 0 Å². The van der Waals surface area contributed by atoms with Gasteiger partial charge in [0.1, 0.15) is 22.6 Å². The van der Waals surface area contributed by atoms with Crippen LogP contribution in [-0.2, 0) is 14.3 Å². The largest absolute Gasteiger partial charge is 0.480 e. The molecule has 0 bridgehead atoms. The van der Waals surface area contributed by atoms with Crippen molar-refractivity contribution in [3.8, 4) is 5.75 Å². The van der Waals surface area contributed by atoms with Crippen molar-refractivity contribution in [2.45, 2.75) is 32.4 Å². The molecule has 1 heterocycles. The third-order valence-electron chi connectivity index (χ3n) is 3.72. The molecule has 1 aliphatic heterocycles. The van der Waals surface area contributed by atoms with Gasteiger partial charge in [-0.1, -0.05) is 29.3 Å². The van der Waals surface area contributed by atoms with Crippen LogP contribution in [-0.4, -0.2) is 47.2 Å². The quantitative estimate of drug-likeness (QED) is 0.739. The van der Waals surface area contributed by atoms with Crippen molar-refractivity contribution in [3.05, 3.63) is 40.1 Å². The van der Waals surface area contributed by atoms with E-state index in [2.05, 4.69) is 0 Å². The first kappa shape index (κ1) is 19.6. The molecule has 136 valence electrons. The number of aliphatic carboxylic acids is 1. The van der Waals surface area contributed by atoms with Crippen LogP contribution in [0.3, 0.4) is 0 Å². The molecule has 25 heavy (non-hydrogen) atoms. The van der Waals surface area contributed by atoms with Crippen LogP contribution in [0.2, 0.25) is 10.0 Å². The van der Waals surface area contributed by atoms with Crippen molar-refractivity contribution in [2.75, 3.05) is 13.2 Å². The summed E-state index contributed by atoms with van der Waals surface area (Å²) >= 11 is 12.0. The van der Waals surface area contributed by atoms with Gasteiger partial charge < -0.3 is 19.5 Å². The number of ether oxygens (including phenoxy) is 2. The van der Waals surface area contributed by atoms with Crippen molar-refractivity contribution < 1.29 is 24.2 Å². The topological polar surface area (TPSA) is 76.1 Å². The summed E-state index contributed by atoms with van der Waals surface area (Å²) in [6.45, 7) is 4.12. The summed E-state index contributed by atoms with van der Waals surface area (Å²) in [5.41, 5.74) is 0. The van der Waals surface area contributed by atoms with Gasteiger partial charge in [0.05, 0.1) is 17.7 Å². The lowest BCUT2D eigenvalue weighted by Gasteiger charge is -2.26. The average molecular weight is 388 g/mol. The molecule has 0 unspecified atom stereocenters. The maximum absolute atomic E-state index is 12.2. The first-order valence-corrected chi connectivity index (χ1v) is 8.56. The van der Waals surface area contributed by atoms with Gasteiger partial charge in [-0.05, 0) is 26.0 Å². The van der Waals surface area contributed by atoms with E-state index >= 15 is 0 Å². The molecule has 1 aromatic carbocycles. The van der Waals surface area contributed by atoms with Crippen molar-refractivity contribution in [1.82, 2.24) is 4.90 Å². The molecule has 6 nitrogen and oxygen atoms in total. The van der Waals surface area contributed by atoms with Crippen molar-refractivity contribution >= 4 is 35.1 Å². The van der Waals surface area contributed by atoms with Crippen molar-refractivity contribution in [3.63, 3.8) is 0 Å². The zero-order valence-corrected chi connectivity index (χ0v) is 15.4. The molecule has 0 spiro atoms. The summed E-state index contributed by atoms with van der Waals surface area (Å²) in [5, 5.41) is 10.0. The number of hydrogen-bond donors (Lipinski definition) is 1. The van der Waals surface area contributed by atoms with Crippen LogP contribution in [0.25, 0.3) is 0 Å².